The van der Waals surface area contributed by atoms with Crippen LogP contribution in [0.25, 0.3) is 0 Å². The highest BCUT2D eigenvalue weighted by Gasteiger charge is 2.32. The number of rotatable bonds is 11. The van der Waals surface area contributed by atoms with Crippen LogP contribution in [0.2, 0.25) is 0 Å². The number of hydrogen-bond acceptors (Lipinski definition) is 4. The molecule has 3 rings (SSSR count). The van der Waals surface area contributed by atoms with Gasteiger partial charge in [0.25, 0.3) is 5.91 Å². The van der Waals surface area contributed by atoms with Crippen LogP contribution in [-0.2, 0) is 22.4 Å². The molecule has 1 fully saturated rings. The minimum absolute atomic E-state index is 0.00465. The van der Waals surface area contributed by atoms with Crippen LogP contribution in [0.1, 0.15) is 65.6 Å². The number of nitrogens with zero attached hydrogens (tertiary/aromatic N) is 1. The van der Waals surface area contributed by atoms with E-state index in [1.54, 1.807) is 11.0 Å². The Morgan fingerprint density at radius 1 is 1.10 bits per heavy atom. The third kappa shape index (κ3) is 5.90. The standard InChI is InChI=1S/C23H29NO4S/c1-2-3-4-5-7-17-10-12-18(13-11-17)24-21(25)16-28-22(24)9-6-8-19-14-15-20(29-19)23(26)27/h10-15,22H,2-9,16H2,1H3,(H,26,27). The summed E-state index contributed by atoms with van der Waals surface area (Å²) < 4.78 is 5.72. The molecule has 1 aliphatic rings. The molecule has 0 saturated carbocycles. The highest BCUT2D eigenvalue weighted by Crippen LogP contribution is 2.27. The quantitative estimate of drug-likeness (QED) is 0.507. The molecule has 1 aliphatic heterocycles. The van der Waals surface area contributed by atoms with Gasteiger partial charge in [0.15, 0.2) is 0 Å². The van der Waals surface area contributed by atoms with Gasteiger partial charge in [-0.2, -0.15) is 0 Å². The number of carbonyl (C=O) groups is 2. The van der Waals surface area contributed by atoms with Gasteiger partial charge in [0, 0.05) is 10.6 Å². The van der Waals surface area contributed by atoms with Crippen molar-refractivity contribution in [2.75, 3.05) is 11.5 Å². The molecule has 156 valence electrons. The third-order valence-electron chi connectivity index (χ3n) is 5.24. The summed E-state index contributed by atoms with van der Waals surface area (Å²) in [6, 6.07) is 11.8. The van der Waals surface area contributed by atoms with Crippen LogP contribution in [0.3, 0.4) is 0 Å². The van der Waals surface area contributed by atoms with Gasteiger partial charge in [-0.05, 0) is 61.9 Å². The Morgan fingerprint density at radius 3 is 2.59 bits per heavy atom. The molecule has 6 heteroatoms. The molecule has 0 aliphatic carbocycles. The fraction of sp³-hybridized carbons (Fsp3) is 0.478. The van der Waals surface area contributed by atoms with Gasteiger partial charge >= 0.3 is 5.97 Å². The lowest BCUT2D eigenvalue weighted by Gasteiger charge is -2.23. The van der Waals surface area contributed by atoms with Crippen LogP contribution in [-0.4, -0.2) is 29.8 Å². The number of carboxylic acids is 1. The van der Waals surface area contributed by atoms with E-state index in [-0.39, 0.29) is 18.7 Å². The second-order valence-electron chi connectivity index (χ2n) is 7.47. The first-order valence-electron chi connectivity index (χ1n) is 10.4. The monoisotopic (exact) mass is 415 g/mol. The summed E-state index contributed by atoms with van der Waals surface area (Å²) in [5.41, 5.74) is 2.19. The first-order chi connectivity index (χ1) is 14.1. The SMILES string of the molecule is CCCCCCc1ccc(N2C(=O)COC2CCCc2ccc(C(=O)O)s2)cc1. The van der Waals surface area contributed by atoms with Crippen molar-refractivity contribution in [2.24, 2.45) is 0 Å². The van der Waals surface area contributed by atoms with E-state index in [1.807, 2.05) is 18.2 Å². The average molecular weight is 416 g/mol. The van der Waals surface area contributed by atoms with Crippen LogP contribution in [0.4, 0.5) is 5.69 Å². The molecule has 1 atom stereocenters. The largest absolute Gasteiger partial charge is 0.477 e. The van der Waals surface area contributed by atoms with E-state index in [0.717, 1.165) is 36.2 Å². The second kappa shape index (κ2) is 10.6. The van der Waals surface area contributed by atoms with Crippen LogP contribution < -0.4 is 4.90 Å². The molecule has 0 bridgehead atoms. The van der Waals surface area contributed by atoms with Crippen molar-refractivity contribution in [1.82, 2.24) is 0 Å². The summed E-state index contributed by atoms with van der Waals surface area (Å²) >= 11 is 1.31. The number of aromatic carboxylic acids is 1. The lowest BCUT2D eigenvalue weighted by Crippen LogP contribution is -2.33. The predicted molar refractivity (Wildman–Crippen MR) is 116 cm³/mol. The van der Waals surface area contributed by atoms with Gasteiger partial charge < -0.3 is 9.84 Å². The topological polar surface area (TPSA) is 66.8 Å². The molecule has 2 aromatic rings. The highest BCUT2D eigenvalue weighted by molar-refractivity contribution is 7.13. The molecule has 1 unspecified atom stereocenters. The Hall–Kier alpha value is -2.18. The number of aryl methyl sites for hydroxylation is 2. The van der Waals surface area contributed by atoms with Crippen LogP contribution in [0, 0.1) is 0 Å². The molecule has 1 amide bonds. The van der Waals surface area contributed by atoms with E-state index in [2.05, 4.69) is 19.1 Å². The Kier molecular flexibility index (Phi) is 7.83. The molecule has 1 aromatic heterocycles. The van der Waals surface area contributed by atoms with E-state index < -0.39 is 5.97 Å². The van der Waals surface area contributed by atoms with Gasteiger partial charge in [-0.3, -0.25) is 9.69 Å². The molecule has 2 heterocycles. The zero-order valence-electron chi connectivity index (χ0n) is 16.9. The van der Waals surface area contributed by atoms with Gasteiger partial charge in [0.05, 0.1) is 0 Å². The number of anilines is 1. The van der Waals surface area contributed by atoms with Gasteiger partial charge in [0.1, 0.15) is 17.7 Å². The molecule has 1 aromatic carbocycles. The molecular weight excluding hydrogens is 386 g/mol. The molecular formula is C23H29NO4S. The fourth-order valence-electron chi connectivity index (χ4n) is 3.65. The van der Waals surface area contributed by atoms with Crippen LogP contribution in [0.5, 0.6) is 0 Å². The maximum absolute atomic E-state index is 12.4. The fourth-order valence-corrected chi connectivity index (χ4v) is 4.54. The Morgan fingerprint density at radius 2 is 1.90 bits per heavy atom. The molecule has 5 nitrogen and oxygen atoms in total. The number of thiophene rings is 1. The first kappa shape index (κ1) is 21.5. The Balaban J connectivity index is 1.53. The van der Waals surface area contributed by atoms with Crippen molar-refractivity contribution in [2.45, 2.75) is 64.5 Å². The molecule has 0 spiro atoms. The average Bonchev–Trinajstić information content (AvgIpc) is 3.33. The Bertz CT molecular complexity index is 815. The summed E-state index contributed by atoms with van der Waals surface area (Å²) in [7, 11) is 0. The number of hydrogen-bond donors (Lipinski definition) is 1. The summed E-state index contributed by atoms with van der Waals surface area (Å²) in [6.07, 6.45) is 8.16. The summed E-state index contributed by atoms with van der Waals surface area (Å²) in [6.45, 7) is 2.33. The van der Waals surface area contributed by atoms with E-state index in [4.69, 9.17) is 9.84 Å². The van der Waals surface area contributed by atoms with E-state index in [0.29, 0.717) is 4.88 Å². The van der Waals surface area contributed by atoms with E-state index >= 15 is 0 Å². The minimum Gasteiger partial charge on any atom is -0.477 e. The maximum atomic E-state index is 12.4. The summed E-state index contributed by atoms with van der Waals surface area (Å²) in [5, 5.41) is 9.02. The lowest BCUT2D eigenvalue weighted by molar-refractivity contribution is -0.117. The van der Waals surface area contributed by atoms with Crippen molar-refractivity contribution >= 4 is 28.9 Å². The van der Waals surface area contributed by atoms with Gasteiger partial charge in [0.2, 0.25) is 0 Å². The zero-order chi connectivity index (χ0) is 20.6. The van der Waals surface area contributed by atoms with Crippen LogP contribution in [0.15, 0.2) is 36.4 Å². The van der Waals surface area contributed by atoms with Crippen molar-refractivity contribution in [3.63, 3.8) is 0 Å². The third-order valence-corrected chi connectivity index (χ3v) is 6.37. The number of unbranched alkanes of at least 4 members (excludes halogenated alkanes) is 3. The van der Waals surface area contributed by atoms with E-state index in [9.17, 15) is 9.59 Å². The van der Waals surface area contributed by atoms with E-state index in [1.165, 1.54) is 42.6 Å². The highest BCUT2D eigenvalue weighted by atomic mass is 32.1. The van der Waals surface area contributed by atoms with Crippen LogP contribution >= 0.6 is 11.3 Å². The van der Waals surface area contributed by atoms with Gasteiger partial charge in [-0.15, -0.1) is 11.3 Å². The smallest absolute Gasteiger partial charge is 0.345 e. The number of ether oxygens (including phenoxy) is 1. The lowest BCUT2D eigenvalue weighted by atomic mass is 10.1. The van der Waals surface area contributed by atoms with Crippen molar-refractivity contribution in [3.8, 4) is 0 Å². The predicted octanol–water partition coefficient (Wildman–Crippen LogP) is 5.28. The van der Waals surface area contributed by atoms with Crippen molar-refractivity contribution < 1.29 is 19.4 Å². The van der Waals surface area contributed by atoms with Crippen molar-refractivity contribution in [3.05, 3.63) is 51.7 Å². The minimum atomic E-state index is -0.883. The summed E-state index contributed by atoms with van der Waals surface area (Å²) in [5.74, 6) is -0.888. The summed E-state index contributed by atoms with van der Waals surface area (Å²) in [4.78, 5) is 26.5. The number of amides is 1. The van der Waals surface area contributed by atoms with Gasteiger partial charge in [-0.1, -0.05) is 38.3 Å². The molecule has 1 N–H and O–H groups in total. The number of carbonyl (C=O) groups excluding carboxylic acids is 1. The van der Waals surface area contributed by atoms with Gasteiger partial charge in [-0.25, -0.2) is 4.79 Å². The zero-order valence-corrected chi connectivity index (χ0v) is 17.7. The number of carboxylic acid groups (broad SMARTS) is 1. The molecule has 0 radical (unpaired) electrons. The first-order valence-corrected chi connectivity index (χ1v) is 11.2. The number of benzene rings is 1. The molecule has 1 saturated heterocycles. The second-order valence-corrected chi connectivity index (χ2v) is 8.64. The Labute approximate surface area is 176 Å². The van der Waals surface area contributed by atoms with Crippen molar-refractivity contribution in [1.29, 1.82) is 0 Å². The normalized spacial score (nSPS) is 16.5. The molecule has 29 heavy (non-hydrogen) atoms. The maximum Gasteiger partial charge on any atom is 0.345 e.